The summed E-state index contributed by atoms with van der Waals surface area (Å²) < 4.78 is 0. The lowest BCUT2D eigenvalue weighted by atomic mass is 10.1. The molecule has 1 aliphatic rings. The fourth-order valence-electron chi connectivity index (χ4n) is 3.28. The molecule has 0 saturated heterocycles. The van der Waals surface area contributed by atoms with Crippen LogP contribution in [0, 0.1) is 5.92 Å². The van der Waals surface area contributed by atoms with Crippen molar-refractivity contribution in [1.82, 2.24) is 5.32 Å². The molecule has 21 heavy (non-hydrogen) atoms. The lowest BCUT2D eigenvalue weighted by molar-refractivity contribution is 0.535. The highest BCUT2D eigenvalue weighted by atomic mass is 35.5. The molecular weight excluding hydrogens is 280 g/mol. The van der Waals surface area contributed by atoms with Crippen LogP contribution in [0.2, 0.25) is 5.02 Å². The van der Waals surface area contributed by atoms with Gasteiger partial charge >= 0.3 is 0 Å². The van der Waals surface area contributed by atoms with Crippen LogP contribution in [0.5, 0.6) is 0 Å². The number of nitrogens with zero attached hydrogens (tertiary/aromatic N) is 1. The van der Waals surface area contributed by atoms with E-state index >= 15 is 0 Å². The molecule has 2 nitrogen and oxygen atoms in total. The molecule has 0 bridgehead atoms. The van der Waals surface area contributed by atoms with Crippen molar-refractivity contribution in [3.05, 3.63) is 28.8 Å². The van der Waals surface area contributed by atoms with E-state index in [1.807, 2.05) is 7.05 Å². The number of nitrogens with one attached hydrogen (secondary N) is 1. The minimum absolute atomic E-state index is 0.288. The molecule has 1 saturated carbocycles. The molecule has 1 aromatic carbocycles. The number of halogens is 1. The van der Waals surface area contributed by atoms with Crippen LogP contribution in [-0.4, -0.2) is 19.6 Å². The van der Waals surface area contributed by atoms with Gasteiger partial charge in [-0.25, -0.2) is 0 Å². The second kappa shape index (κ2) is 7.51. The zero-order valence-corrected chi connectivity index (χ0v) is 14.6. The molecule has 0 aromatic heterocycles. The average molecular weight is 309 g/mol. The van der Waals surface area contributed by atoms with Crippen LogP contribution in [0.1, 0.15) is 58.1 Å². The van der Waals surface area contributed by atoms with Crippen LogP contribution >= 0.6 is 11.6 Å². The van der Waals surface area contributed by atoms with Crippen molar-refractivity contribution >= 4 is 17.3 Å². The van der Waals surface area contributed by atoms with Gasteiger partial charge in [-0.3, -0.25) is 0 Å². The molecule has 1 unspecified atom stereocenters. The summed E-state index contributed by atoms with van der Waals surface area (Å²) >= 11 is 6.52. The lowest BCUT2D eigenvalue weighted by Gasteiger charge is -2.33. The van der Waals surface area contributed by atoms with E-state index < -0.39 is 0 Å². The number of benzene rings is 1. The maximum absolute atomic E-state index is 6.52. The maximum atomic E-state index is 6.52. The van der Waals surface area contributed by atoms with Crippen molar-refractivity contribution < 1.29 is 0 Å². The summed E-state index contributed by atoms with van der Waals surface area (Å²) in [4.78, 5) is 2.58. The highest BCUT2D eigenvalue weighted by Gasteiger charge is 2.24. The smallest absolute Gasteiger partial charge is 0.0474 e. The van der Waals surface area contributed by atoms with Gasteiger partial charge in [0.05, 0.1) is 0 Å². The van der Waals surface area contributed by atoms with Crippen molar-refractivity contribution in [3.63, 3.8) is 0 Å². The lowest BCUT2D eigenvalue weighted by Crippen LogP contribution is -2.36. The summed E-state index contributed by atoms with van der Waals surface area (Å²) in [5.41, 5.74) is 2.46. The largest absolute Gasteiger partial charge is 0.368 e. The minimum Gasteiger partial charge on any atom is -0.368 e. The molecule has 3 heteroatoms. The molecule has 1 fully saturated rings. The Hall–Kier alpha value is -0.730. The first-order chi connectivity index (χ1) is 10.0. The molecular formula is C18H29ClN2. The number of hydrogen-bond donors (Lipinski definition) is 1. The topological polar surface area (TPSA) is 15.3 Å². The van der Waals surface area contributed by atoms with E-state index in [4.69, 9.17) is 11.6 Å². The van der Waals surface area contributed by atoms with Gasteiger partial charge in [-0.15, -0.1) is 0 Å². The summed E-state index contributed by atoms with van der Waals surface area (Å²) in [6.45, 7) is 7.84. The molecule has 0 radical (unpaired) electrons. The second-order valence-corrected chi connectivity index (χ2v) is 7.11. The number of anilines is 1. The van der Waals surface area contributed by atoms with Gasteiger partial charge in [0.2, 0.25) is 0 Å². The van der Waals surface area contributed by atoms with Gasteiger partial charge in [-0.05, 0) is 50.4 Å². The fraction of sp³-hybridized carbons (Fsp3) is 0.667. The third-order valence-electron chi connectivity index (χ3n) is 4.54. The van der Waals surface area contributed by atoms with E-state index in [-0.39, 0.29) is 6.04 Å². The first kappa shape index (κ1) is 16.6. The predicted molar refractivity (Wildman–Crippen MR) is 93.4 cm³/mol. The van der Waals surface area contributed by atoms with Crippen LogP contribution in [0.25, 0.3) is 0 Å². The summed E-state index contributed by atoms with van der Waals surface area (Å²) in [6.07, 6.45) is 5.36. The molecule has 1 N–H and O–H groups in total. The Morgan fingerprint density at radius 1 is 1.24 bits per heavy atom. The van der Waals surface area contributed by atoms with Gasteiger partial charge in [-0.1, -0.05) is 44.4 Å². The Bertz CT molecular complexity index is 453. The zero-order valence-electron chi connectivity index (χ0n) is 13.8. The van der Waals surface area contributed by atoms with Crippen molar-refractivity contribution in [3.8, 4) is 0 Å². The van der Waals surface area contributed by atoms with Gasteiger partial charge in [0.25, 0.3) is 0 Å². The Morgan fingerprint density at radius 2 is 1.90 bits per heavy atom. The van der Waals surface area contributed by atoms with Gasteiger partial charge in [-0.2, -0.15) is 0 Å². The highest BCUT2D eigenvalue weighted by Crippen LogP contribution is 2.33. The normalized spacial score (nSPS) is 17.4. The third kappa shape index (κ3) is 4.14. The van der Waals surface area contributed by atoms with Crippen LogP contribution < -0.4 is 10.2 Å². The first-order valence-electron chi connectivity index (χ1n) is 8.26. The van der Waals surface area contributed by atoms with E-state index in [1.54, 1.807) is 0 Å². The molecule has 0 heterocycles. The van der Waals surface area contributed by atoms with E-state index in [9.17, 15) is 0 Å². The van der Waals surface area contributed by atoms with Gasteiger partial charge < -0.3 is 10.2 Å². The number of hydrogen-bond acceptors (Lipinski definition) is 2. The fourth-order valence-corrected chi connectivity index (χ4v) is 3.61. The standard InChI is InChI=1S/C18H29ClN2/c1-13(2)12-21(15-7-5-6-8-15)16-9-10-17(14(3)20-4)18(19)11-16/h9-11,13-15,20H,5-8,12H2,1-4H3. The molecule has 0 amide bonds. The molecule has 118 valence electrons. The third-order valence-corrected chi connectivity index (χ3v) is 4.87. The SMILES string of the molecule is CNC(C)c1ccc(N(CC(C)C)C2CCCC2)cc1Cl. The highest BCUT2D eigenvalue weighted by molar-refractivity contribution is 6.31. The van der Waals surface area contributed by atoms with E-state index in [0.717, 1.165) is 11.6 Å². The maximum Gasteiger partial charge on any atom is 0.0474 e. The molecule has 1 aromatic rings. The van der Waals surface area contributed by atoms with Crippen LogP contribution in [0.4, 0.5) is 5.69 Å². The monoisotopic (exact) mass is 308 g/mol. The molecule has 1 atom stereocenters. The van der Waals surface area contributed by atoms with Crippen molar-refractivity contribution in [2.75, 3.05) is 18.5 Å². The first-order valence-corrected chi connectivity index (χ1v) is 8.64. The Labute approximate surface area is 134 Å². The Kier molecular flexibility index (Phi) is 5.95. The molecule has 0 aliphatic heterocycles. The van der Waals surface area contributed by atoms with Crippen molar-refractivity contribution in [2.24, 2.45) is 5.92 Å². The summed E-state index contributed by atoms with van der Waals surface area (Å²) in [5, 5.41) is 4.14. The zero-order chi connectivity index (χ0) is 15.4. The predicted octanol–water partition coefficient (Wildman–Crippen LogP) is 5.03. The van der Waals surface area contributed by atoms with Gasteiger partial charge in [0.1, 0.15) is 0 Å². The average Bonchev–Trinajstić information content (AvgIpc) is 2.97. The van der Waals surface area contributed by atoms with E-state index in [1.165, 1.54) is 36.9 Å². The summed E-state index contributed by atoms with van der Waals surface area (Å²) in [7, 11) is 1.97. The van der Waals surface area contributed by atoms with Gasteiger partial charge in [0, 0.05) is 29.3 Å². The summed E-state index contributed by atoms with van der Waals surface area (Å²) in [5.74, 6) is 0.667. The molecule has 2 rings (SSSR count). The van der Waals surface area contributed by atoms with Crippen LogP contribution in [0.15, 0.2) is 18.2 Å². The Balaban J connectivity index is 2.25. The van der Waals surface area contributed by atoms with Crippen LogP contribution in [-0.2, 0) is 0 Å². The van der Waals surface area contributed by atoms with Crippen molar-refractivity contribution in [1.29, 1.82) is 0 Å². The Morgan fingerprint density at radius 3 is 2.43 bits per heavy atom. The quantitative estimate of drug-likeness (QED) is 0.793. The van der Waals surface area contributed by atoms with Crippen molar-refractivity contribution in [2.45, 2.75) is 58.5 Å². The summed E-state index contributed by atoms with van der Waals surface area (Å²) in [6, 6.07) is 7.56. The number of rotatable bonds is 6. The van der Waals surface area contributed by atoms with Gasteiger partial charge in [0.15, 0.2) is 0 Å². The minimum atomic E-state index is 0.288. The second-order valence-electron chi connectivity index (χ2n) is 6.70. The molecule has 0 spiro atoms. The van der Waals surface area contributed by atoms with E-state index in [0.29, 0.717) is 12.0 Å². The van der Waals surface area contributed by atoms with E-state index in [2.05, 4.69) is 49.2 Å². The van der Waals surface area contributed by atoms with Crippen LogP contribution in [0.3, 0.4) is 0 Å². The molecule has 1 aliphatic carbocycles.